The minimum absolute atomic E-state index is 0.561. The summed E-state index contributed by atoms with van der Waals surface area (Å²) >= 11 is 0. The predicted octanol–water partition coefficient (Wildman–Crippen LogP) is 1.47. The summed E-state index contributed by atoms with van der Waals surface area (Å²) in [7, 11) is 1.66. The predicted molar refractivity (Wildman–Crippen MR) is 70.4 cm³/mol. The fraction of sp³-hybridized carbons (Fsp3) is 0.385. The molecule has 2 aromatic rings. The van der Waals surface area contributed by atoms with Crippen LogP contribution in [0.1, 0.15) is 12.7 Å². The first kappa shape index (κ1) is 12.6. The summed E-state index contributed by atoms with van der Waals surface area (Å²) in [6.07, 6.45) is 0.698. The summed E-state index contributed by atoms with van der Waals surface area (Å²) in [6.45, 7) is 3.39. The standard InChI is InChI=1S/C13H18N4O/c1-3-17-13(15-12(16-17)7-8-14)10-5-4-6-11(9-10)18-2/h4-6,9H,3,7-8,14H2,1-2H3. The molecule has 0 atom stereocenters. The average Bonchev–Trinajstić information content (AvgIpc) is 2.82. The zero-order valence-corrected chi connectivity index (χ0v) is 10.8. The molecule has 18 heavy (non-hydrogen) atoms. The minimum atomic E-state index is 0.561. The highest BCUT2D eigenvalue weighted by Gasteiger charge is 2.11. The largest absolute Gasteiger partial charge is 0.497 e. The summed E-state index contributed by atoms with van der Waals surface area (Å²) in [4.78, 5) is 4.53. The van der Waals surface area contributed by atoms with Crippen LogP contribution in [0.4, 0.5) is 0 Å². The van der Waals surface area contributed by atoms with Crippen molar-refractivity contribution in [2.75, 3.05) is 13.7 Å². The van der Waals surface area contributed by atoms with Crippen LogP contribution in [0.25, 0.3) is 11.4 Å². The minimum Gasteiger partial charge on any atom is -0.497 e. The lowest BCUT2D eigenvalue weighted by molar-refractivity contribution is 0.415. The van der Waals surface area contributed by atoms with Gasteiger partial charge < -0.3 is 10.5 Å². The zero-order valence-electron chi connectivity index (χ0n) is 10.8. The van der Waals surface area contributed by atoms with E-state index in [4.69, 9.17) is 10.5 Å². The van der Waals surface area contributed by atoms with E-state index in [1.54, 1.807) is 7.11 Å². The first-order valence-corrected chi connectivity index (χ1v) is 6.06. The molecule has 0 saturated heterocycles. The Balaban J connectivity index is 2.41. The normalized spacial score (nSPS) is 10.6. The van der Waals surface area contributed by atoms with E-state index in [0.717, 1.165) is 29.5 Å². The quantitative estimate of drug-likeness (QED) is 0.867. The molecule has 0 aliphatic heterocycles. The Hall–Kier alpha value is -1.88. The fourth-order valence-electron chi connectivity index (χ4n) is 1.82. The van der Waals surface area contributed by atoms with Crippen molar-refractivity contribution in [3.05, 3.63) is 30.1 Å². The average molecular weight is 246 g/mol. The number of ether oxygens (including phenoxy) is 1. The van der Waals surface area contributed by atoms with Gasteiger partial charge in [-0.15, -0.1) is 0 Å². The Morgan fingerprint density at radius 1 is 1.39 bits per heavy atom. The summed E-state index contributed by atoms with van der Waals surface area (Å²) in [5.41, 5.74) is 6.54. The van der Waals surface area contributed by atoms with Crippen LogP contribution in [0.5, 0.6) is 5.75 Å². The first-order chi connectivity index (χ1) is 8.78. The van der Waals surface area contributed by atoms with Crippen LogP contribution in [-0.4, -0.2) is 28.4 Å². The van der Waals surface area contributed by atoms with Crippen LogP contribution >= 0.6 is 0 Å². The van der Waals surface area contributed by atoms with Crippen LogP contribution < -0.4 is 10.5 Å². The van der Waals surface area contributed by atoms with Gasteiger partial charge in [-0.3, -0.25) is 0 Å². The molecule has 0 bridgehead atoms. The van der Waals surface area contributed by atoms with Crippen molar-refractivity contribution in [2.24, 2.45) is 5.73 Å². The lowest BCUT2D eigenvalue weighted by Crippen LogP contribution is -2.05. The molecule has 0 amide bonds. The maximum Gasteiger partial charge on any atom is 0.158 e. The molecule has 0 aliphatic carbocycles. The second kappa shape index (κ2) is 5.64. The molecule has 1 heterocycles. The zero-order chi connectivity index (χ0) is 13.0. The molecule has 0 aliphatic rings. The smallest absolute Gasteiger partial charge is 0.158 e. The molecule has 1 aromatic heterocycles. The number of hydrogen-bond acceptors (Lipinski definition) is 4. The van der Waals surface area contributed by atoms with Crippen molar-refractivity contribution < 1.29 is 4.74 Å². The second-order valence-electron chi connectivity index (χ2n) is 3.94. The highest BCUT2D eigenvalue weighted by atomic mass is 16.5. The van der Waals surface area contributed by atoms with E-state index in [-0.39, 0.29) is 0 Å². The van der Waals surface area contributed by atoms with Crippen molar-refractivity contribution in [1.82, 2.24) is 14.8 Å². The van der Waals surface area contributed by atoms with Crippen LogP contribution in [-0.2, 0) is 13.0 Å². The van der Waals surface area contributed by atoms with E-state index in [9.17, 15) is 0 Å². The van der Waals surface area contributed by atoms with Gasteiger partial charge in [0.1, 0.15) is 5.75 Å². The molecular formula is C13H18N4O. The van der Waals surface area contributed by atoms with Gasteiger partial charge in [0.25, 0.3) is 0 Å². The van der Waals surface area contributed by atoms with Crippen molar-refractivity contribution in [1.29, 1.82) is 0 Å². The van der Waals surface area contributed by atoms with E-state index >= 15 is 0 Å². The molecule has 5 heteroatoms. The number of methoxy groups -OCH3 is 1. The van der Waals surface area contributed by atoms with Gasteiger partial charge in [-0.25, -0.2) is 9.67 Å². The van der Waals surface area contributed by atoms with E-state index in [1.165, 1.54) is 0 Å². The van der Waals surface area contributed by atoms with Crippen LogP contribution in [0.2, 0.25) is 0 Å². The monoisotopic (exact) mass is 246 g/mol. The van der Waals surface area contributed by atoms with Gasteiger partial charge in [0, 0.05) is 18.5 Å². The number of nitrogens with zero attached hydrogens (tertiary/aromatic N) is 3. The first-order valence-electron chi connectivity index (χ1n) is 6.06. The molecule has 0 radical (unpaired) electrons. The Labute approximate surface area is 107 Å². The van der Waals surface area contributed by atoms with Crippen LogP contribution in [0, 0.1) is 0 Å². The molecule has 96 valence electrons. The van der Waals surface area contributed by atoms with Crippen molar-refractivity contribution >= 4 is 0 Å². The third kappa shape index (κ3) is 2.51. The van der Waals surface area contributed by atoms with Gasteiger partial charge >= 0.3 is 0 Å². The van der Waals surface area contributed by atoms with Gasteiger partial charge in [0.2, 0.25) is 0 Å². The number of benzene rings is 1. The number of rotatable bonds is 5. The maximum absolute atomic E-state index is 5.54. The van der Waals surface area contributed by atoms with E-state index in [1.807, 2.05) is 35.9 Å². The molecule has 0 spiro atoms. The van der Waals surface area contributed by atoms with Gasteiger partial charge in [0.15, 0.2) is 11.6 Å². The van der Waals surface area contributed by atoms with Crippen LogP contribution in [0.15, 0.2) is 24.3 Å². The summed E-state index contributed by atoms with van der Waals surface area (Å²) in [5, 5.41) is 4.44. The Morgan fingerprint density at radius 2 is 2.22 bits per heavy atom. The Kier molecular flexibility index (Phi) is 3.94. The van der Waals surface area contributed by atoms with E-state index < -0.39 is 0 Å². The van der Waals surface area contributed by atoms with Crippen molar-refractivity contribution in [3.8, 4) is 17.1 Å². The molecule has 1 aromatic carbocycles. The third-order valence-corrected chi connectivity index (χ3v) is 2.71. The van der Waals surface area contributed by atoms with Gasteiger partial charge in [-0.1, -0.05) is 12.1 Å². The van der Waals surface area contributed by atoms with Crippen LogP contribution in [0.3, 0.4) is 0 Å². The van der Waals surface area contributed by atoms with E-state index in [2.05, 4.69) is 10.1 Å². The van der Waals surface area contributed by atoms with Gasteiger partial charge in [0.05, 0.1) is 7.11 Å². The molecule has 0 fully saturated rings. The Bertz CT molecular complexity index is 521. The van der Waals surface area contributed by atoms with Crippen molar-refractivity contribution in [2.45, 2.75) is 19.9 Å². The number of aromatic nitrogens is 3. The number of hydrogen-bond donors (Lipinski definition) is 1. The lowest BCUT2D eigenvalue weighted by atomic mass is 10.2. The molecule has 2 rings (SSSR count). The highest BCUT2D eigenvalue weighted by molar-refractivity contribution is 5.57. The molecule has 2 N–H and O–H groups in total. The summed E-state index contributed by atoms with van der Waals surface area (Å²) < 4.78 is 7.12. The van der Waals surface area contributed by atoms with E-state index in [0.29, 0.717) is 13.0 Å². The van der Waals surface area contributed by atoms with Gasteiger partial charge in [-0.2, -0.15) is 5.10 Å². The number of aryl methyl sites for hydroxylation is 1. The Morgan fingerprint density at radius 3 is 2.89 bits per heavy atom. The second-order valence-corrected chi connectivity index (χ2v) is 3.94. The highest BCUT2D eigenvalue weighted by Crippen LogP contribution is 2.22. The lowest BCUT2D eigenvalue weighted by Gasteiger charge is -2.04. The molecule has 0 unspecified atom stereocenters. The molecule has 5 nitrogen and oxygen atoms in total. The molecular weight excluding hydrogens is 228 g/mol. The topological polar surface area (TPSA) is 66.0 Å². The van der Waals surface area contributed by atoms with Crippen molar-refractivity contribution in [3.63, 3.8) is 0 Å². The fourth-order valence-corrected chi connectivity index (χ4v) is 1.82. The molecule has 0 saturated carbocycles. The summed E-state index contributed by atoms with van der Waals surface area (Å²) in [6, 6.07) is 7.83. The van der Waals surface area contributed by atoms with Gasteiger partial charge in [-0.05, 0) is 25.6 Å². The maximum atomic E-state index is 5.54. The number of nitrogens with two attached hydrogens (primary N) is 1. The summed E-state index contributed by atoms with van der Waals surface area (Å²) in [5.74, 6) is 2.47. The third-order valence-electron chi connectivity index (χ3n) is 2.71. The SMILES string of the molecule is CCn1nc(CCN)nc1-c1cccc(OC)c1.